The summed E-state index contributed by atoms with van der Waals surface area (Å²) in [5, 5.41) is 3.07. The predicted molar refractivity (Wildman–Crippen MR) is 95.5 cm³/mol. The Labute approximate surface area is 145 Å². The van der Waals surface area contributed by atoms with Crippen LogP contribution in [0.15, 0.2) is 24.3 Å². The molecule has 24 heavy (non-hydrogen) atoms. The van der Waals surface area contributed by atoms with Crippen LogP contribution in [0, 0.1) is 11.7 Å². The summed E-state index contributed by atoms with van der Waals surface area (Å²) in [6.07, 6.45) is 2.57. The van der Waals surface area contributed by atoms with Crippen molar-refractivity contribution in [1.29, 1.82) is 0 Å². The van der Waals surface area contributed by atoms with Crippen molar-refractivity contribution >= 4 is 6.03 Å². The van der Waals surface area contributed by atoms with Gasteiger partial charge in [0.25, 0.3) is 0 Å². The van der Waals surface area contributed by atoms with Gasteiger partial charge in [0.2, 0.25) is 0 Å². The van der Waals surface area contributed by atoms with E-state index in [0.29, 0.717) is 5.92 Å². The quantitative estimate of drug-likeness (QED) is 0.897. The van der Waals surface area contributed by atoms with E-state index in [2.05, 4.69) is 24.2 Å². The second-order valence-electron chi connectivity index (χ2n) is 7.23. The van der Waals surface area contributed by atoms with Crippen LogP contribution in [0.1, 0.15) is 32.3 Å². The van der Waals surface area contributed by atoms with Crippen molar-refractivity contribution in [2.45, 2.75) is 45.2 Å². The van der Waals surface area contributed by atoms with Crippen molar-refractivity contribution in [3.63, 3.8) is 0 Å². The van der Waals surface area contributed by atoms with Gasteiger partial charge in [-0.05, 0) is 63.4 Å². The fourth-order valence-electron chi connectivity index (χ4n) is 3.53. The summed E-state index contributed by atoms with van der Waals surface area (Å²) < 4.78 is 13.2. The molecule has 0 spiro atoms. The van der Waals surface area contributed by atoms with Crippen LogP contribution >= 0.6 is 0 Å². The molecule has 2 amide bonds. The zero-order valence-electron chi connectivity index (χ0n) is 15.3. The highest BCUT2D eigenvalue weighted by Crippen LogP contribution is 2.20. The summed E-state index contributed by atoms with van der Waals surface area (Å²) in [7, 11) is 4.02. The van der Waals surface area contributed by atoms with Gasteiger partial charge in [0.1, 0.15) is 5.82 Å². The lowest BCUT2D eigenvalue weighted by Gasteiger charge is -2.40. The van der Waals surface area contributed by atoms with Gasteiger partial charge in [-0.2, -0.15) is 0 Å². The number of nitrogens with one attached hydrogen (secondary N) is 1. The number of nitrogens with zero attached hydrogens (tertiary/aromatic N) is 2. The number of piperidine rings is 1. The van der Waals surface area contributed by atoms with Crippen LogP contribution in [0.2, 0.25) is 0 Å². The Morgan fingerprint density at radius 1 is 1.50 bits per heavy atom. The van der Waals surface area contributed by atoms with Crippen LogP contribution in [0.25, 0.3) is 0 Å². The van der Waals surface area contributed by atoms with E-state index in [4.69, 9.17) is 0 Å². The van der Waals surface area contributed by atoms with Crippen LogP contribution in [-0.4, -0.2) is 55.1 Å². The number of carbonyl (C=O) groups excluding carboxylic acids is 1. The standard InChI is InChI=1S/C19H30FN3O/c1-14-13-22(3)11-10-18(14)23(4)19(24)21-15(2)8-9-16-6-5-7-17(20)12-16/h5-7,12,14-15,18H,8-11,13H2,1-4H3,(H,21,24)/t14-,15+,18+/m0/s1. The summed E-state index contributed by atoms with van der Waals surface area (Å²) in [4.78, 5) is 16.7. The number of hydrogen-bond acceptors (Lipinski definition) is 2. The highest BCUT2D eigenvalue weighted by molar-refractivity contribution is 5.74. The summed E-state index contributed by atoms with van der Waals surface area (Å²) >= 11 is 0. The normalized spacial score (nSPS) is 22.9. The Morgan fingerprint density at radius 2 is 2.25 bits per heavy atom. The van der Waals surface area contributed by atoms with Crippen LogP contribution in [-0.2, 0) is 6.42 Å². The maximum atomic E-state index is 13.2. The van der Waals surface area contributed by atoms with Gasteiger partial charge < -0.3 is 15.1 Å². The first-order valence-corrected chi connectivity index (χ1v) is 8.83. The third kappa shape index (κ3) is 5.20. The van der Waals surface area contributed by atoms with Gasteiger partial charge in [0.15, 0.2) is 0 Å². The first kappa shape index (κ1) is 18.7. The maximum absolute atomic E-state index is 13.2. The Balaban J connectivity index is 1.80. The van der Waals surface area contributed by atoms with Gasteiger partial charge in [0, 0.05) is 25.7 Å². The molecule has 0 saturated carbocycles. The molecule has 134 valence electrons. The number of halogens is 1. The van der Waals surface area contributed by atoms with Crippen molar-refractivity contribution in [3.05, 3.63) is 35.6 Å². The fraction of sp³-hybridized carbons (Fsp3) is 0.632. The number of likely N-dealkylation sites (tertiary alicyclic amines) is 1. The van der Waals surface area contributed by atoms with E-state index in [1.165, 1.54) is 6.07 Å². The minimum atomic E-state index is -0.208. The Hall–Kier alpha value is -1.62. The molecular formula is C19H30FN3O. The molecule has 0 unspecified atom stereocenters. The molecule has 1 aliphatic heterocycles. The van der Waals surface area contributed by atoms with Crippen molar-refractivity contribution in [3.8, 4) is 0 Å². The van der Waals surface area contributed by atoms with Crippen molar-refractivity contribution in [2.75, 3.05) is 27.2 Å². The molecule has 1 saturated heterocycles. The molecule has 0 radical (unpaired) electrons. The number of rotatable bonds is 5. The average molecular weight is 335 g/mol. The first-order valence-electron chi connectivity index (χ1n) is 8.83. The highest BCUT2D eigenvalue weighted by Gasteiger charge is 2.30. The van der Waals surface area contributed by atoms with Gasteiger partial charge in [0.05, 0.1) is 0 Å². The molecule has 3 atom stereocenters. The zero-order chi connectivity index (χ0) is 17.7. The second-order valence-corrected chi connectivity index (χ2v) is 7.23. The molecule has 1 aliphatic rings. The maximum Gasteiger partial charge on any atom is 0.317 e. The van der Waals surface area contributed by atoms with Gasteiger partial charge >= 0.3 is 6.03 Å². The number of amides is 2. The number of hydrogen-bond donors (Lipinski definition) is 1. The van der Waals surface area contributed by atoms with E-state index in [-0.39, 0.29) is 23.9 Å². The molecule has 2 rings (SSSR count). The van der Waals surface area contributed by atoms with Crippen molar-refractivity contribution in [2.24, 2.45) is 5.92 Å². The van der Waals surface area contributed by atoms with E-state index in [9.17, 15) is 9.18 Å². The summed E-state index contributed by atoms with van der Waals surface area (Å²) in [5.74, 6) is 0.266. The first-order chi connectivity index (χ1) is 11.4. The van der Waals surface area contributed by atoms with E-state index < -0.39 is 0 Å². The molecule has 1 N–H and O–H groups in total. The second kappa shape index (κ2) is 8.47. The monoisotopic (exact) mass is 335 g/mol. The summed E-state index contributed by atoms with van der Waals surface area (Å²) in [6.45, 7) is 6.26. The van der Waals surface area contributed by atoms with Crippen molar-refractivity contribution in [1.82, 2.24) is 15.1 Å². The van der Waals surface area contributed by atoms with Gasteiger partial charge in [-0.15, -0.1) is 0 Å². The predicted octanol–water partition coefficient (Wildman–Crippen LogP) is 3.13. The Morgan fingerprint density at radius 3 is 2.92 bits per heavy atom. The number of benzene rings is 1. The molecule has 0 aromatic heterocycles. The Kier molecular flexibility index (Phi) is 6.60. The molecule has 0 bridgehead atoms. The van der Waals surface area contributed by atoms with Crippen LogP contribution in [0.4, 0.5) is 9.18 Å². The smallest absolute Gasteiger partial charge is 0.317 e. The highest BCUT2D eigenvalue weighted by atomic mass is 19.1. The van der Waals surface area contributed by atoms with Crippen LogP contribution < -0.4 is 5.32 Å². The number of urea groups is 1. The molecule has 4 nitrogen and oxygen atoms in total. The van der Waals surface area contributed by atoms with Gasteiger partial charge in [-0.25, -0.2) is 9.18 Å². The van der Waals surface area contributed by atoms with Crippen LogP contribution in [0.5, 0.6) is 0 Å². The number of carbonyl (C=O) groups is 1. The minimum Gasteiger partial charge on any atom is -0.336 e. The molecule has 1 fully saturated rings. The third-order valence-corrected chi connectivity index (χ3v) is 5.01. The van der Waals surface area contributed by atoms with E-state index in [1.54, 1.807) is 12.1 Å². The van der Waals surface area contributed by atoms with Gasteiger partial charge in [-0.3, -0.25) is 0 Å². The summed E-state index contributed by atoms with van der Waals surface area (Å²) in [6, 6.07) is 6.99. The lowest BCUT2D eigenvalue weighted by Crippen LogP contribution is -2.53. The minimum absolute atomic E-state index is 0.0110. The van der Waals surface area contributed by atoms with Gasteiger partial charge in [-0.1, -0.05) is 19.1 Å². The number of aryl methyl sites for hydroxylation is 1. The zero-order valence-corrected chi connectivity index (χ0v) is 15.3. The fourth-order valence-corrected chi connectivity index (χ4v) is 3.53. The topological polar surface area (TPSA) is 35.6 Å². The molecular weight excluding hydrogens is 305 g/mol. The molecule has 0 aliphatic carbocycles. The molecule has 1 aromatic rings. The summed E-state index contributed by atoms with van der Waals surface area (Å²) in [5.41, 5.74) is 0.966. The lowest BCUT2D eigenvalue weighted by molar-refractivity contribution is 0.106. The third-order valence-electron chi connectivity index (χ3n) is 5.01. The Bertz CT molecular complexity index is 551. The SMILES string of the molecule is C[C@H](CCc1cccc(F)c1)NC(=O)N(C)[C@@H]1CCN(C)C[C@@H]1C. The molecule has 1 heterocycles. The van der Waals surface area contributed by atoms with Crippen molar-refractivity contribution < 1.29 is 9.18 Å². The van der Waals surface area contributed by atoms with E-state index in [0.717, 1.165) is 37.9 Å². The average Bonchev–Trinajstić information content (AvgIpc) is 2.52. The largest absolute Gasteiger partial charge is 0.336 e. The molecule has 1 aromatic carbocycles. The molecule has 5 heteroatoms. The van der Waals surface area contributed by atoms with E-state index >= 15 is 0 Å². The van der Waals surface area contributed by atoms with E-state index in [1.807, 2.05) is 24.9 Å². The van der Waals surface area contributed by atoms with Crippen LogP contribution in [0.3, 0.4) is 0 Å². The lowest BCUT2D eigenvalue weighted by atomic mass is 9.93.